The second-order valence-corrected chi connectivity index (χ2v) is 16.3. The third-order valence-corrected chi connectivity index (χ3v) is 13.1. The van der Waals surface area contributed by atoms with Crippen molar-refractivity contribution in [1.29, 1.82) is 0 Å². The summed E-state index contributed by atoms with van der Waals surface area (Å²) in [5.74, 6) is 0. The number of fused-ring (bicyclic) bond motifs is 10. The highest BCUT2D eigenvalue weighted by Crippen LogP contribution is 2.67. The summed E-state index contributed by atoms with van der Waals surface area (Å²) in [6.07, 6.45) is 0. The Morgan fingerprint density at radius 1 is 0.242 bits per heavy atom. The zero-order valence-corrected chi connectivity index (χ0v) is 34.1. The van der Waals surface area contributed by atoms with Crippen LogP contribution in [0.5, 0.6) is 0 Å². The highest BCUT2D eigenvalue weighted by atomic mass is 15.1. The predicted octanol–water partition coefficient (Wildman–Crippen LogP) is 16.2. The zero-order chi connectivity index (χ0) is 41.0. The topological polar surface area (TPSA) is 3.24 Å². The maximum Gasteiger partial charge on any atom is 0.0731 e. The Balaban J connectivity index is 1.13. The van der Waals surface area contributed by atoms with E-state index in [0.717, 1.165) is 17.1 Å². The average molecular weight is 788 g/mol. The molecule has 62 heavy (non-hydrogen) atoms. The van der Waals surface area contributed by atoms with Crippen molar-refractivity contribution in [1.82, 2.24) is 0 Å². The van der Waals surface area contributed by atoms with Crippen molar-refractivity contribution in [3.05, 3.63) is 271 Å². The van der Waals surface area contributed by atoms with Crippen LogP contribution in [0.15, 0.2) is 249 Å². The standard InChI is InChI=1S/C61H41N/c1-5-19-42(20-6-1)43-35-37-48(38-36-43)62(47-26-11-4-12-27-47)49-28-17-25-46(41-49)52-40-39-51(45-23-9-3-10-24-45)59-54-30-14-16-33-56(54)61(60(52)59)55-32-15-13-29-53(55)58-50(31-18-34-57(58)61)44-21-7-2-8-22-44/h1-41H. The van der Waals surface area contributed by atoms with E-state index >= 15 is 0 Å². The van der Waals surface area contributed by atoms with Crippen molar-refractivity contribution in [2.24, 2.45) is 0 Å². The predicted molar refractivity (Wildman–Crippen MR) is 259 cm³/mol. The fourth-order valence-electron chi connectivity index (χ4n) is 10.5. The molecule has 0 saturated heterocycles. The molecule has 0 N–H and O–H groups in total. The van der Waals surface area contributed by atoms with Crippen LogP contribution in [0.1, 0.15) is 22.3 Å². The molecule has 2 aliphatic rings. The molecule has 290 valence electrons. The summed E-state index contributed by atoms with van der Waals surface area (Å²) in [5, 5.41) is 0. The lowest BCUT2D eigenvalue weighted by atomic mass is 9.68. The van der Waals surface area contributed by atoms with E-state index in [2.05, 4.69) is 254 Å². The SMILES string of the molecule is c1ccc(-c2ccc(N(c3ccccc3)c3cccc(-c4ccc(-c5ccccc5)c5c4C4(c6ccccc6-c6c(-c7ccccc7)cccc64)c4ccccc4-5)c3)cc2)cc1. The van der Waals surface area contributed by atoms with E-state index in [9.17, 15) is 0 Å². The van der Waals surface area contributed by atoms with Gasteiger partial charge in [0, 0.05) is 17.1 Å². The van der Waals surface area contributed by atoms with Gasteiger partial charge >= 0.3 is 0 Å². The summed E-state index contributed by atoms with van der Waals surface area (Å²) >= 11 is 0. The first kappa shape index (κ1) is 35.9. The van der Waals surface area contributed by atoms with Crippen LogP contribution in [0, 0.1) is 0 Å². The lowest BCUT2D eigenvalue weighted by Gasteiger charge is -2.33. The second-order valence-electron chi connectivity index (χ2n) is 16.3. The third kappa shape index (κ3) is 5.49. The summed E-state index contributed by atoms with van der Waals surface area (Å²) in [6, 6.07) is 91.5. The minimum absolute atomic E-state index is 0.564. The second kappa shape index (κ2) is 14.6. The largest absolute Gasteiger partial charge is 0.310 e. The van der Waals surface area contributed by atoms with Crippen LogP contribution in [0.3, 0.4) is 0 Å². The summed E-state index contributed by atoms with van der Waals surface area (Å²) in [5.41, 5.74) is 23.1. The minimum Gasteiger partial charge on any atom is -0.310 e. The van der Waals surface area contributed by atoms with E-state index in [1.54, 1.807) is 0 Å². The molecule has 1 heteroatoms. The van der Waals surface area contributed by atoms with Gasteiger partial charge in [0.2, 0.25) is 0 Å². The molecule has 2 aliphatic carbocycles. The maximum absolute atomic E-state index is 2.40. The van der Waals surface area contributed by atoms with Crippen molar-refractivity contribution in [3.63, 3.8) is 0 Å². The molecular weight excluding hydrogens is 747 g/mol. The summed E-state index contributed by atoms with van der Waals surface area (Å²) in [7, 11) is 0. The molecule has 10 aromatic carbocycles. The van der Waals surface area contributed by atoms with Crippen molar-refractivity contribution in [2.45, 2.75) is 5.41 Å². The van der Waals surface area contributed by atoms with Crippen molar-refractivity contribution in [2.75, 3.05) is 4.90 Å². The molecule has 1 spiro atoms. The van der Waals surface area contributed by atoms with Gasteiger partial charge in [-0.3, -0.25) is 0 Å². The Kier molecular flexibility index (Phi) is 8.47. The van der Waals surface area contributed by atoms with Gasteiger partial charge in [0.1, 0.15) is 0 Å². The number of benzene rings is 10. The van der Waals surface area contributed by atoms with Gasteiger partial charge in [0.25, 0.3) is 0 Å². The Bertz CT molecular complexity index is 3250. The molecule has 0 amide bonds. The number of para-hydroxylation sites is 1. The first-order valence-corrected chi connectivity index (χ1v) is 21.5. The number of hydrogen-bond donors (Lipinski definition) is 0. The van der Waals surface area contributed by atoms with Gasteiger partial charge in [-0.15, -0.1) is 0 Å². The van der Waals surface area contributed by atoms with Gasteiger partial charge in [0.15, 0.2) is 0 Å². The highest BCUT2D eigenvalue weighted by molar-refractivity contribution is 6.05. The van der Waals surface area contributed by atoms with Gasteiger partial charge in [-0.25, -0.2) is 0 Å². The average Bonchev–Trinajstić information content (AvgIpc) is 3.83. The van der Waals surface area contributed by atoms with E-state index in [1.165, 1.54) is 89.0 Å². The van der Waals surface area contributed by atoms with Crippen LogP contribution >= 0.6 is 0 Å². The Labute approximate surface area is 363 Å². The first-order chi connectivity index (χ1) is 30.8. The van der Waals surface area contributed by atoms with Crippen LogP contribution < -0.4 is 4.90 Å². The number of nitrogens with zero attached hydrogens (tertiary/aromatic N) is 1. The monoisotopic (exact) mass is 787 g/mol. The molecule has 0 aliphatic heterocycles. The summed E-state index contributed by atoms with van der Waals surface area (Å²) in [6.45, 7) is 0. The molecule has 0 bridgehead atoms. The molecule has 12 rings (SSSR count). The molecule has 1 atom stereocenters. The molecular formula is C61H41N. The lowest BCUT2D eigenvalue weighted by Crippen LogP contribution is -2.26. The molecule has 0 fully saturated rings. The highest BCUT2D eigenvalue weighted by Gasteiger charge is 2.54. The fourth-order valence-corrected chi connectivity index (χ4v) is 10.5. The van der Waals surface area contributed by atoms with E-state index in [4.69, 9.17) is 0 Å². The van der Waals surface area contributed by atoms with Gasteiger partial charge in [-0.05, 0) is 125 Å². The zero-order valence-electron chi connectivity index (χ0n) is 34.1. The molecule has 0 saturated carbocycles. The van der Waals surface area contributed by atoms with Gasteiger partial charge < -0.3 is 4.90 Å². The molecule has 0 heterocycles. The molecule has 0 radical (unpaired) electrons. The molecule has 10 aromatic rings. The number of anilines is 3. The quantitative estimate of drug-likeness (QED) is 0.155. The molecule has 1 nitrogen and oxygen atoms in total. The maximum atomic E-state index is 2.40. The Hall–Kier alpha value is -8.00. The lowest BCUT2D eigenvalue weighted by molar-refractivity contribution is 0.796. The third-order valence-electron chi connectivity index (χ3n) is 13.1. The van der Waals surface area contributed by atoms with Crippen molar-refractivity contribution >= 4 is 17.1 Å². The first-order valence-electron chi connectivity index (χ1n) is 21.5. The summed E-state index contributed by atoms with van der Waals surface area (Å²) < 4.78 is 0. The van der Waals surface area contributed by atoms with E-state index in [1.807, 2.05) is 0 Å². The number of hydrogen-bond acceptors (Lipinski definition) is 1. The van der Waals surface area contributed by atoms with Crippen LogP contribution in [0.25, 0.3) is 66.8 Å². The van der Waals surface area contributed by atoms with Gasteiger partial charge in [0.05, 0.1) is 5.41 Å². The smallest absolute Gasteiger partial charge is 0.0731 e. The minimum atomic E-state index is -0.564. The van der Waals surface area contributed by atoms with E-state index in [-0.39, 0.29) is 0 Å². The Morgan fingerprint density at radius 3 is 1.31 bits per heavy atom. The Morgan fingerprint density at radius 2 is 0.661 bits per heavy atom. The van der Waals surface area contributed by atoms with Crippen molar-refractivity contribution < 1.29 is 0 Å². The number of rotatable bonds is 7. The van der Waals surface area contributed by atoms with Crippen LogP contribution in [0.2, 0.25) is 0 Å². The van der Waals surface area contributed by atoms with Crippen molar-refractivity contribution in [3.8, 4) is 66.8 Å². The van der Waals surface area contributed by atoms with E-state index < -0.39 is 5.41 Å². The normalized spacial score (nSPS) is 14.2. The van der Waals surface area contributed by atoms with Crippen LogP contribution in [-0.4, -0.2) is 0 Å². The van der Waals surface area contributed by atoms with Gasteiger partial charge in [-0.2, -0.15) is 0 Å². The van der Waals surface area contributed by atoms with Gasteiger partial charge in [-0.1, -0.05) is 212 Å². The molecule has 1 unspecified atom stereocenters. The van der Waals surface area contributed by atoms with E-state index in [0.29, 0.717) is 0 Å². The fraction of sp³-hybridized carbons (Fsp3) is 0.0164. The van der Waals surface area contributed by atoms with Crippen LogP contribution in [0.4, 0.5) is 17.1 Å². The molecule has 0 aromatic heterocycles. The van der Waals surface area contributed by atoms with Crippen LogP contribution in [-0.2, 0) is 5.41 Å². The summed E-state index contributed by atoms with van der Waals surface area (Å²) in [4.78, 5) is 2.38.